The summed E-state index contributed by atoms with van der Waals surface area (Å²) in [5.41, 5.74) is 1.60. The molecule has 0 aliphatic carbocycles. The summed E-state index contributed by atoms with van der Waals surface area (Å²) < 4.78 is 6.58. The van der Waals surface area contributed by atoms with Crippen LogP contribution in [-0.4, -0.2) is 47.4 Å². The quantitative estimate of drug-likeness (QED) is 0.159. The van der Waals surface area contributed by atoms with E-state index < -0.39 is 36.0 Å². The Kier molecular flexibility index (Phi) is 14.1. The van der Waals surface area contributed by atoms with E-state index >= 15 is 0 Å². The van der Waals surface area contributed by atoms with Gasteiger partial charge in [0.15, 0.2) is 0 Å². The number of ether oxygens (including phenoxy) is 1. The molecule has 40 heavy (non-hydrogen) atoms. The zero-order valence-electron chi connectivity index (χ0n) is 23.1. The van der Waals surface area contributed by atoms with Crippen LogP contribution in [0.2, 0.25) is 0 Å². The minimum atomic E-state index is -0.910. The van der Waals surface area contributed by atoms with E-state index in [-0.39, 0.29) is 32.0 Å². The first-order valence-electron chi connectivity index (χ1n) is 13.1. The van der Waals surface area contributed by atoms with Gasteiger partial charge in [-0.15, -0.1) is 0 Å². The Bertz CT molecular complexity index is 1140. The van der Waals surface area contributed by atoms with Gasteiger partial charge in [0.1, 0.15) is 30.7 Å². The number of phenols is 1. The third-order valence-corrected chi connectivity index (χ3v) is 7.54. The molecule has 0 heterocycles. The number of rotatable bonds is 14. The molecule has 0 aliphatic rings. The molecule has 0 saturated carbocycles. The topological polar surface area (TPSA) is 134 Å². The largest absolute Gasteiger partial charge is 0.506 e. The van der Waals surface area contributed by atoms with Gasteiger partial charge >= 0.3 is 6.09 Å². The van der Waals surface area contributed by atoms with Crippen LogP contribution in [0.15, 0.2) is 42.5 Å². The number of nitrogens with one attached hydrogen (secondary N) is 3. The van der Waals surface area contributed by atoms with Gasteiger partial charge in [-0.2, -0.15) is 0 Å². The first-order valence-corrected chi connectivity index (χ1v) is 15.2. The van der Waals surface area contributed by atoms with Crippen LogP contribution >= 0.6 is 45.2 Å². The Morgan fingerprint density at radius 3 is 1.93 bits per heavy atom. The number of aromatic hydroxyl groups is 1. The molecule has 3 atom stereocenters. The van der Waals surface area contributed by atoms with Crippen LogP contribution in [0.4, 0.5) is 4.79 Å². The van der Waals surface area contributed by atoms with Gasteiger partial charge in [0.05, 0.1) is 13.2 Å². The minimum absolute atomic E-state index is 0. The van der Waals surface area contributed by atoms with Crippen molar-refractivity contribution < 1.29 is 30.4 Å². The smallest absolute Gasteiger partial charge is 0.408 e. The van der Waals surface area contributed by atoms with Gasteiger partial charge < -0.3 is 30.6 Å². The Morgan fingerprint density at radius 2 is 1.40 bits per heavy atom. The van der Waals surface area contributed by atoms with Gasteiger partial charge in [-0.25, -0.2) is 4.79 Å². The van der Waals surface area contributed by atoms with Crippen LogP contribution in [0, 0.1) is 19.0 Å². The Hall–Kier alpha value is -2.42. The Balaban J connectivity index is 0.00000840. The summed E-state index contributed by atoms with van der Waals surface area (Å²) in [7, 11) is 0. The van der Waals surface area contributed by atoms with E-state index in [1.807, 2.05) is 103 Å². The van der Waals surface area contributed by atoms with Gasteiger partial charge in [0, 0.05) is 1.43 Å². The van der Waals surface area contributed by atoms with E-state index in [9.17, 15) is 24.3 Å². The number of carbonyl (C=O) groups is 4. The molecule has 0 radical (unpaired) electrons. The summed E-state index contributed by atoms with van der Waals surface area (Å²) >= 11 is 4.02. The molecule has 0 aliphatic heterocycles. The van der Waals surface area contributed by atoms with Crippen molar-refractivity contribution in [1.29, 1.82) is 0 Å². The predicted molar refractivity (Wildman–Crippen MR) is 172 cm³/mol. The van der Waals surface area contributed by atoms with Crippen molar-refractivity contribution in [1.82, 2.24) is 16.0 Å². The highest BCUT2D eigenvalue weighted by Gasteiger charge is 2.29. The fourth-order valence-electron chi connectivity index (χ4n) is 3.99. The number of halogens is 2. The number of hydrogen-bond acceptors (Lipinski definition) is 6. The van der Waals surface area contributed by atoms with E-state index in [0.29, 0.717) is 26.3 Å². The fourth-order valence-corrected chi connectivity index (χ4v) is 5.89. The maximum Gasteiger partial charge on any atom is 0.408 e. The van der Waals surface area contributed by atoms with Gasteiger partial charge in [0.2, 0.25) is 11.8 Å². The molecule has 4 N–H and O–H groups in total. The average Bonchev–Trinajstić information content (AvgIpc) is 2.89. The molecule has 2 rings (SSSR count). The lowest BCUT2D eigenvalue weighted by Gasteiger charge is -2.26. The number of benzene rings is 2. The predicted octanol–water partition coefficient (Wildman–Crippen LogP) is 4.95. The second kappa shape index (κ2) is 16.7. The molecule has 0 aromatic heterocycles. The molecular weight excluding hydrogens is 740 g/mol. The molecule has 9 nitrogen and oxygen atoms in total. The second-order valence-corrected chi connectivity index (χ2v) is 12.8. The summed E-state index contributed by atoms with van der Waals surface area (Å²) in [5, 5.41) is 18.2. The monoisotopic (exact) mass is 779 g/mol. The van der Waals surface area contributed by atoms with E-state index in [0.717, 1.165) is 11.1 Å². The normalized spacial score (nSPS) is 13.3. The molecule has 11 heteroatoms. The average molecular weight is 779 g/mol. The minimum Gasteiger partial charge on any atom is -0.506 e. The van der Waals surface area contributed by atoms with Crippen LogP contribution in [-0.2, 0) is 32.1 Å². The van der Waals surface area contributed by atoms with E-state index in [1.54, 1.807) is 12.1 Å². The number of aldehydes is 1. The molecule has 0 saturated heterocycles. The molecule has 0 spiro atoms. The third-order valence-electron chi connectivity index (χ3n) is 5.89. The molecule has 3 amide bonds. The van der Waals surface area contributed by atoms with Crippen molar-refractivity contribution in [2.45, 2.75) is 71.7 Å². The fraction of sp³-hybridized carbons (Fsp3) is 0.448. The molecule has 0 unspecified atom stereocenters. The highest BCUT2D eigenvalue weighted by atomic mass is 127. The zero-order valence-corrected chi connectivity index (χ0v) is 27.4. The number of phenolic OH excluding ortho intramolecular Hbond substituents is 1. The van der Waals surface area contributed by atoms with Crippen LogP contribution < -0.4 is 16.0 Å². The van der Waals surface area contributed by atoms with Crippen molar-refractivity contribution in [3.05, 3.63) is 60.7 Å². The lowest BCUT2D eigenvalue weighted by Crippen LogP contribution is -2.55. The summed E-state index contributed by atoms with van der Waals surface area (Å²) in [6.07, 6.45) is 0.843. The standard InChI is InChI=1S/C29H37I2N3O6.H2/c1-17(2)10-24(27(37)32-21(15-35)12-20-13-22(30)26(36)23(31)14-20)33-28(38)25(11-18(3)4)34-29(39)40-16-19-8-6-5-7-9-19;/h5-9,13-15,17-18,21,24-25,36H,10-12,16H2,1-4H3,(H,32,37)(H,33,38)(H,34,39);1H/t21-,24-,25-;/m0./s1. The highest BCUT2D eigenvalue weighted by molar-refractivity contribution is 14.1. The molecule has 2 aromatic carbocycles. The SMILES string of the molecule is CC(C)C[C@H](NC(=O)OCc1ccccc1)C(=O)N[C@@H](CC(C)C)C(=O)N[C@H](C=O)Cc1cc(I)c(O)c(I)c1.[HH]. The summed E-state index contributed by atoms with van der Waals surface area (Å²) in [6, 6.07) is 10.1. The Morgan fingerprint density at radius 1 is 0.875 bits per heavy atom. The Labute approximate surface area is 264 Å². The maximum absolute atomic E-state index is 13.3. The zero-order chi connectivity index (χ0) is 29.8. The van der Waals surface area contributed by atoms with Crippen LogP contribution in [0.5, 0.6) is 5.75 Å². The van der Waals surface area contributed by atoms with Gasteiger partial charge in [0.25, 0.3) is 0 Å². The van der Waals surface area contributed by atoms with E-state index in [4.69, 9.17) is 4.74 Å². The maximum atomic E-state index is 13.3. The summed E-state index contributed by atoms with van der Waals surface area (Å²) in [5.74, 6) is -0.671. The van der Waals surface area contributed by atoms with Crippen LogP contribution in [0.3, 0.4) is 0 Å². The van der Waals surface area contributed by atoms with E-state index in [1.165, 1.54) is 0 Å². The number of amides is 3. The highest BCUT2D eigenvalue weighted by Crippen LogP contribution is 2.27. The van der Waals surface area contributed by atoms with Crippen molar-refractivity contribution in [3.63, 3.8) is 0 Å². The molecule has 0 bridgehead atoms. The number of hydrogen-bond donors (Lipinski definition) is 4. The molecule has 220 valence electrons. The van der Waals surface area contributed by atoms with Gasteiger partial charge in [-0.1, -0.05) is 58.0 Å². The molecule has 2 aromatic rings. The van der Waals surface area contributed by atoms with Crippen molar-refractivity contribution >= 4 is 69.4 Å². The van der Waals surface area contributed by atoms with Gasteiger partial charge in [-0.05, 0) is 99.5 Å². The molecule has 0 fully saturated rings. The molecular formula is C29H39I2N3O6. The number of carbonyl (C=O) groups excluding carboxylic acids is 4. The van der Waals surface area contributed by atoms with E-state index in [2.05, 4.69) is 16.0 Å². The lowest BCUT2D eigenvalue weighted by atomic mass is 9.99. The second-order valence-electron chi connectivity index (χ2n) is 10.4. The summed E-state index contributed by atoms with van der Waals surface area (Å²) in [4.78, 5) is 50.9. The van der Waals surface area contributed by atoms with Crippen molar-refractivity contribution in [2.24, 2.45) is 11.8 Å². The number of alkyl carbamates (subject to hydrolysis) is 1. The lowest BCUT2D eigenvalue weighted by molar-refractivity contribution is -0.131. The first kappa shape index (κ1) is 33.8. The van der Waals surface area contributed by atoms with Crippen LogP contribution in [0.25, 0.3) is 0 Å². The summed E-state index contributed by atoms with van der Waals surface area (Å²) in [6.45, 7) is 7.77. The van der Waals surface area contributed by atoms with Crippen molar-refractivity contribution in [2.75, 3.05) is 0 Å². The van der Waals surface area contributed by atoms with Crippen molar-refractivity contribution in [3.8, 4) is 5.75 Å². The first-order chi connectivity index (χ1) is 18.9. The van der Waals surface area contributed by atoms with Gasteiger partial charge in [-0.3, -0.25) is 9.59 Å². The third kappa shape index (κ3) is 11.6. The van der Waals surface area contributed by atoms with Crippen LogP contribution in [0.1, 0.15) is 53.1 Å².